The number of aromatic nitrogens is 2. The van der Waals surface area contributed by atoms with Gasteiger partial charge in [0, 0.05) is 32.1 Å². The van der Waals surface area contributed by atoms with Crippen LogP contribution in [-0.4, -0.2) is 53.3 Å². The van der Waals surface area contributed by atoms with E-state index in [0.717, 1.165) is 11.5 Å². The molecule has 1 unspecified atom stereocenters. The molecule has 2 fully saturated rings. The first-order chi connectivity index (χ1) is 13.1. The normalized spacial score (nSPS) is 18.3. The third kappa shape index (κ3) is 4.18. The number of halogens is 1. The van der Waals surface area contributed by atoms with Crippen LogP contribution in [0.4, 0.5) is 10.2 Å². The van der Waals surface area contributed by atoms with Crippen molar-refractivity contribution in [2.75, 3.05) is 31.1 Å². The number of nitrogens with zero attached hydrogens (tertiary/aromatic N) is 4. The van der Waals surface area contributed by atoms with E-state index < -0.39 is 6.10 Å². The lowest BCUT2D eigenvalue weighted by atomic mass is 10.2. The second-order valence-electron chi connectivity index (χ2n) is 7.12. The van der Waals surface area contributed by atoms with E-state index in [4.69, 9.17) is 4.74 Å². The largest absolute Gasteiger partial charge is 0.481 e. The van der Waals surface area contributed by atoms with E-state index in [1.807, 2.05) is 6.07 Å². The molecule has 1 aliphatic carbocycles. The zero-order valence-electron chi connectivity index (χ0n) is 15.3. The van der Waals surface area contributed by atoms with E-state index in [9.17, 15) is 9.18 Å². The highest BCUT2D eigenvalue weighted by Gasteiger charge is 2.28. The molecule has 0 radical (unpaired) electrons. The van der Waals surface area contributed by atoms with Gasteiger partial charge in [0.2, 0.25) is 0 Å². The number of hydrogen-bond acceptors (Lipinski definition) is 5. The highest BCUT2D eigenvalue weighted by molar-refractivity contribution is 5.81. The first kappa shape index (κ1) is 17.7. The highest BCUT2D eigenvalue weighted by atomic mass is 19.1. The summed E-state index contributed by atoms with van der Waals surface area (Å²) in [6, 6.07) is 9.79. The fourth-order valence-electron chi connectivity index (χ4n) is 3.28. The second kappa shape index (κ2) is 7.50. The third-order valence-electron chi connectivity index (χ3n) is 5.06. The van der Waals surface area contributed by atoms with Gasteiger partial charge in [-0.25, -0.2) is 4.39 Å². The molecule has 4 rings (SSSR count). The van der Waals surface area contributed by atoms with Gasteiger partial charge in [-0.05, 0) is 56.2 Å². The molecular formula is C20H23FN4O2. The molecule has 1 aliphatic heterocycles. The number of ether oxygens (including phenoxy) is 1. The maximum atomic E-state index is 13.0. The van der Waals surface area contributed by atoms with Crippen LogP contribution in [0, 0.1) is 5.82 Å². The van der Waals surface area contributed by atoms with E-state index in [1.54, 1.807) is 11.8 Å². The minimum Gasteiger partial charge on any atom is -0.481 e. The Morgan fingerprint density at radius 2 is 1.78 bits per heavy atom. The van der Waals surface area contributed by atoms with Gasteiger partial charge < -0.3 is 14.5 Å². The molecule has 1 atom stereocenters. The molecule has 0 spiro atoms. The molecule has 2 heterocycles. The molecule has 6 nitrogen and oxygen atoms in total. The topological polar surface area (TPSA) is 58.6 Å². The Hall–Kier alpha value is -2.70. The lowest BCUT2D eigenvalue weighted by molar-refractivity contribution is -0.138. The first-order valence-corrected chi connectivity index (χ1v) is 9.40. The minimum atomic E-state index is -0.611. The average molecular weight is 370 g/mol. The van der Waals surface area contributed by atoms with E-state index >= 15 is 0 Å². The van der Waals surface area contributed by atoms with Crippen molar-refractivity contribution in [1.29, 1.82) is 0 Å². The van der Waals surface area contributed by atoms with Crippen molar-refractivity contribution in [2.45, 2.75) is 31.8 Å². The molecular weight excluding hydrogens is 347 g/mol. The summed E-state index contributed by atoms with van der Waals surface area (Å²) in [4.78, 5) is 16.6. The fourth-order valence-corrected chi connectivity index (χ4v) is 3.28. The van der Waals surface area contributed by atoms with Crippen LogP contribution in [0.2, 0.25) is 0 Å². The van der Waals surface area contributed by atoms with Gasteiger partial charge in [-0.1, -0.05) is 0 Å². The summed E-state index contributed by atoms with van der Waals surface area (Å²) in [6.07, 6.45) is 1.82. The van der Waals surface area contributed by atoms with Crippen molar-refractivity contribution < 1.29 is 13.9 Å². The zero-order chi connectivity index (χ0) is 18.8. The van der Waals surface area contributed by atoms with Crippen molar-refractivity contribution in [1.82, 2.24) is 15.1 Å². The predicted octanol–water partition coefficient (Wildman–Crippen LogP) is 2.61. The van der Waals surface area contributed by atoms with E-state index in [1.165, 1.54) is 37.1 Å². The summed E-state index contributed by atoms with van der Waals surface area (Å²) < 4.78 is 18.6. The van der Waals surface area contributed by atoms with Crippen LogP contribution >= 0.6 is 0 Å². The standard InChI is InChI=1S/C20H23FN4O2/c1-14(27-17-6-4-16(21)5-7-17)20(26)25-12-10-24(11-13-25)19-9-8-18(22-23-19)15-2-3-15/h4-9,14-15H,2-3,10-13H2,1H3. The van der Waals surface area contributed by atoms with Crippen LogP contribution in [0.3, 0.4) is 0 Å². The van der Waals surface area contributed by atoms with Crippen molar-refractivity contribution >= 4 is 11.7 Å². The summed E-state index contributed by atoms with van der Waals surface area (Å²) >= 11 is 0. The van der Waals surface area contributed by atoms with Crippen LogP contribution in [-0.2, 0) is 4.79 Å². The maximum Gasteiger partial charge on any atom is 0.263 e. The van der Waals surface area contributed by atoms with Crippen molar-refractivity contribution in [3.05, 3.63) is 47.9 Å². The molecule has 0 bridgehead atoms. The Bertz CT molecular complexity index is 785. The van der Waals surface area contributed by atoms with E-state index in [2.05, 4.69) is 21.2 Å². The molecule has 7 heteroatoms. The van der Waals surface area contributed by atoms with Crippen molar-refractivity contribution in [2.24, 2.45) is 0 Å². The number of carbonyl (C=O) groups is 1. The SMILES string of the molecule is CC(Oc1ccc(F)cc1)C(=O)N1CCN(c2ccc(C3CC3)nn2)CC1. The maximum absolute atomic E-state index is 13.0. The number of anilines is 1. The van der Waals surface area contributed by atoms with Gasteiger partial charge in [0.1, 0.15) is 11.6 Å². The van der Waals surface area contributed by atoms with Crippen LogP contribution < -0.4 is 9.64 Å². The van der Waals surface area contributed by atoms with Gasteiger partial charge in [0.25, 0.3) is 5.91 Å². The molecule has 1 amide bonds. The Balaban J connectivity index is 1.29. The Morgan fingerprint density at radius 3 is 2.37 bits per heavy atom. The van der Waals surface area contributed by atoms with Crippen LogP contribution in [0.15, 0.2) is 36.4 Å². The summed E-state index contributed by atoms with van der Waals surface area (Å²) in [7, 11) is 0. The van der Waals surface area contributed by atoms with Gasteiger partial charge in [0.15, 0.2) is 11.9 Å². The lowest BCUT2D eigenvalue weighted by Crippen LogP contribution is -2.52. The number of carbonyl (C=O) groups excluding carboxylic acids is 1. The van der Waals surface area contributed by atoms with Crippen molar-refractivity contribution in [3.8, 4) is 5.75 Å². The Labute approximate surface area is 157 Å². The molecule has 27 heavy (non-hydrogen) atoms. The van der Waals surface area contributed by atoms with Gasteiger partial charge in [-0.15, -0.1) is 5.10 Å². The molecule has 2 aromatic rings. The van der Waals surface area contributed by atoms with Gasteiger partial charge in [0.05, 0.1) is 5.69 Å². The fraction of sp³-hybridized carbons (Fsp3) is 0.450. The molecule has 2 aliphatic rings. The van der Waals surface area contributed by atoms with Crippen LogP contribution in [0.25, 0.3) is 0 Å². The predicted molar refractivity (Wildman–Crippen MR) is 99.3 cm³/mol. The van der Waals surface area contributed by atoms with Gasteiger partial charge in [-0.3, -0.25) is 4.79 Å². The Kier molecular flexibility index (Phi) is 4.92. The smallest absolute Gasteiger partial charge is 0.263 e. The van der Waals surface area contributed by atoms with Gasteiger partial charge in [-0.2, -0.15) is 5.10 Å². The molecule has 0 N–H and O–H groups in total. The lowest BCUT2D eigenvalue weighted by Gasteiger charge is -2.36. The number of hydrogen-bond donors (Lipinski definition) is 0. The second-order valence-corrected chi connectivity index (χ2v) is 7.12. The van der Waals surface area contributed by atoms with E-state index in [-0.39, 0.29) is 11.7 Å². The summed E-state index contributed by atoms with van der Waals surface area (Å²) in [5.74, 6) is 1.56. The monoisotopic (exact) mass is 370 g/mol. The summed E-state index contributed by atoms with van der Waals surface area (Å²) in [5, 5.41) is 8.68. The molecule has 1 aromatic heterocycles. The number of amides is 1. The quantitative estimate of drug-likeness (QED) is 0.810. The summed E-state index contributed by atoms with van der Waals surface area (Å²) in [6.45, 7) is 4.38. The van der Waals surface area contributed by atoms with Crippen molar-refractivity contribution in [3.63, 3.8) is 0 Å². The number of piperazine rings is 1. The zero-order valence-corrected chi connectivity index (χ0v) is 15.3. The summed E-state index contributed by atoms with van der Waals surface area (Å²) in [5.41, 5.74) is 1.08. The van der Waals surface area contributed by atoms with Crippen LogP contribution in [0.5, 0.6) is 5.75 Å². The number of benzene rings is 1. The molecule has 1 saturated heterocycles. The average Bonchev–Trinajstić information content (AvgIpc) is 3.55. The molecule has 142 valence electrons. The third-order valence-corrected chi connectivity index (χ3v) is 5.06. The van der Waals surface area contributed by atoms with Gasteiger partial charge >= 0.3 is 0 Å². The number of rotatable bonds is 5. The first-order valence-electron chi connectivity index (χ1n) is 9.40. The van der Waals surface area contributed by atoms with Crippen LogP contribution in [0.1, 0.15) is 31.4 Å². The molecule has 1 aromatic carbocycles. The Morgan fingerprint density at radius 1 is 1.07 bits per heavy atom. The molecule has 1 saturated carbocycles. The minimum absolute atomic E-state index is 0.0610. The highest BCUT2D eigenvalue weighted by Crippen LogP contribution is 2.38. The van der Waals surface area contributed by atoms with E-state index in [0.29, 0.717) is 37.8 Å².